The van der Waals surface area contributed by atoms with Gasteiger partial charge in [-0.05, 0) is 18.8 Å². The van der Waals surface area contributed by atoms with E-state index in [9.17, 15) is 9.59 Å². The molecule has 7 heteroatoms. The molecule has 7 nitrogen and oxygen atoms in total. The van der Waals surface area contributed by atoms with Crippen LogP contribution in [-0.2, 0) is 16.1 Å². The third-order valence-electron chi connectivity index (χ3n) is 4.58. The van der Waals surface area contributed by atoms with E-state index in [0.717, 1.165) is 19.3 Å². The number of aromatic nitrogens is 2. The van der Waals surface area contributed by atoms with Crippen molar-refractivity contribution in [2.24, 2.45) is 23.6 Å². The molecule has 0 radical (unpaired) electrons. The Balaban J connectivity index is 1.72. The molecule has 3 rings (SSSR count). The van der Waals surface area contributed by atoms with Crippen molar-refractivity contribution in [3.8, 4) is 0 Å². The smallest absolute Gasteiger partial charge is 0.233 e. The molecule has 2 atom stereocenters. The number of hydrazine groups is 1. The van der Waals surface area contributed by atoms with Gasteiger partial charge in [-0.15, -0.1) is 0 Å². The first-order valence-corrected chi connectivity index (χ1v) is 7.26. The zero-order valence-corrected chi connectivity index (χ0v) is 12.0. The molecule has 1 saturated carbocycles. The standard InChI is InChI=1S/C14H19N5O2/c1-2-8-3-10-11(4-8)14(21)19(13(10)20)7-9-5-17-12(18-15)6-16-9/h5-6,8,10-11H,2-4,7,15H2,1H3,(H,17,18). The van der Waals surface area contributed by atoms with Crippen LogP contribution >= 0.6 is 0 Å². The molecule has 2 heterocycles. The topological polar surface area (TPSA) is 101 Å². The maximum atomic E-state index is 12.4. The van der Waals surface area contributed by atoms with Gasteiger partial charge in [0.2, 0.25) is 11.8 Å². The molecule has 2 fully saturated rings. The molecule has 21 heavy (non-hydrogen) atoms. The van der Waals surface area contributed by atoms with Gasteiger partial charge < -0.3 is 5.43 Å². The van der Waals surface area contributed by atoms with Gasteiger partial charge in [0.1, 0.15) is 0 Å². The molecule has 1 aliphatic carbocycles. The zero-order chi connectivity index (χ0) is 15.0. The van der Waals surface area contributed by atoms with Crippen LogP contribution < -0.4 is 11.3 Å². The van der Waals surface area contributed by atoms with Crippen molar-refractivity contribution in [3.05, 3.63) is 18.1 Å². The number of amides is 2. The summed E-state index contributed by atoms with van der Waals surface area (Å²) >= 11 is 0. The lowest BCUT2D eigenvalue weighted by Gasteiger charge is -2.17. The Morgan fingerprint density at radius 1 is 1.24 bits per heavy atom. The lowest BCUT2D eigenvalue weighted by molar-refractivity contribution is -0.141. The lowest BCUT2D eigenvalue weighted by Crippen LogP contribution is -2.32. The fraction of sp³-hybridized carbons (Fsp3) is 0.571. The fourth-order valence-electron chi connectivity index (χ4n) is 3.36. The highest BCUT2D eigenvalue weighted by molar-refractivity contribution is 6.05. The van der Waals surface area contributed by atoms with Crippen molar-refractivity contribution in [1.29, 1.82) is 0 Å². The van der Waals surface area contributed by atoms with Gasteiger partial charge >= 0.3 is 0 Å². The molecule has 2 aliphatic rings. The van der Waals surface area contributed by atoms with Gasteiger partial charge in [-0.3, -0.25) is 19.5 Å². The molecular weight excluding hydrogens is 270 g/mol. The quantitative estimate of drug-likeness (QED) is 0.480. The largest absolute Gasteiger partial charge is 0.307 e. The number of imide groups is 1. The van der Waals surface area contributed by atoms with Crippen molar-refractivity contribution < 1.29 is 9.59 Å². The summed E-state index contributed by atoms with van der Waals surface area (Å²) < 4.78 is 0. The first kappa shape index (κ1) is 13.9. The first-order valence-electron chi connectivity index (χ1n) is 7.26. The van der Waals surface area contributed by atoms with E-state index in [1.165, 1.54) is 17.3 Å². The van der Waals surface area contributed by atoms with E-state index < -0.39 is 0 Å². The van der Waals surface area contributed by atoms with E-state index in [1.807, 2.05) is 0 Å². The Hall–Kier alpha value is -2.02. The number of nitrogen functional groups attached to an aromatic ring is 1. The van der Waals surface area contributed by atoms with Crippen molar-refractivity contribution in [2.75, 3.05) is 5.43 Å². The van der Waals surface area contributed by atoms with Crippen molar-refractivity contribution in [2.45, 2.75) is 32.7 Å². The third kappa shape index (κ3) is 2.37. The van der Waals surface area contributed by atoms with E-state index in [2.05, 4.69) is 22.3 Å². The van der Waals surface area contributed by atoms with E-state index in [4.69, 9.17) is 5.84 Å². The molecule has 112 valence electrons. The second kappa shape index (κ2) is 5.40. The van der Waals surface area contributed by atoms with Crippen LogP contribution in [0.25, 0.3) is 0 Å². The minimum atomic E-state index is -0.125. The zero-order valence-electron chi connectivity index (χ0n) is 12.0. The van der Waals surface area contributed by atoms with Crippen LogP contribution in [0.5, 0.6) is 0 Å². The average molecular weight is 289 g/mol. The molecule has 0 aromatic carbocycles. The average Bonchev–Trinajstić information content (AvgIpc) is 3.03. The number of hydrogen-bond acceptors (Lipinski definition) is 6. The molecular formula is C14H19N5O2. The van der Waals surface area contributed by atoms with Crippen molar-refractivity contribution >= 4 is 17.6 Å². The van der Waals surface area contributed by atoms with Gasteiger partial charge in [-0.1, -0.05) is 13.3 Å². The Labute approximate surface area is 122 Å². The van der Waals surface area contributed by atoms with Crippen LogP contribution in [0.1, 0.15) is 31.9 Å². The maximum absolute atomic E-state index is 12.4. The van der Waals surface area contributed by atoms with Crippen LogP contribution in [0.3, 0.4) is 0 Å². The summed E-state index contributed by atoms with van der Waals surface area (Å²) in [4.78, 5) is 34.4. The van der Waals surface area contributed by atoms with Crippen LogP contribution in [0.4, 0.5) is 5.82 Å². The van der Waals surface area contributed by atoms with Crippen molar-refractivity contribution in [1.82, 2.24) is 14.9 Å². The summed E-state index contributed by atoms with van der Waals surface area (Å²) in [7, 11) is 0. The molecule has 0 spiro atoms. The number of nitrogens with zero attached hydrogens (tertiary/aromatic N) is 3. The normalized spacial score (nSPS) is 28.1. The highest BCUT2D eigenvalue weighted by Crippen LogP contribution is 2.44. The summed E-state index contributed by atoms with van der Waals surface area (Å²) in [6, 6.07) is 0. The molecule has 1 saturated heterocycles. The minimum absolute atomic E-state index is 0.0521. The van der Waals surface area contributed by atoms with E-state index in [0.29, 0.717) is 17.4 Å². The van der Waals surface area contributed by atoms with E-state index >= 15 is 0 Å². The number of likely N-dealkylation sites (tertiary alicyclic amines) is 1. The Kier molecular flexibility index (Phi) is 3.59. The number of nitrogens with two attached hydrogens (primary N) is 1. The van der Waals surface area contributed by atoms with Gasteiger partial charge in [0, 0.05) is 0 Å². The number of carbonyl (C=O) groups excluding carboxylic acids is 2. The van der Waals surface area contributed by atoms with Gasteiger partial charge in [-0.2, -0.15) is 0 Å². The van der Waals surface area contributed by atoms with E-state index in [-0.39, 0.29) is 30.2 Å². The summed E-state index contributed by atoms with van der Waals surface area (Å²) in [6.45, 7) is 2.31. The predicted octanol–water partition coefficient (Wildman–Crippen LogP) is 0.683. The second-order valence-corrected chi connectivity index (χ2v) is 5.76. The number of nitrogens with one attached hydrogen (secondary N) is 1. The number of rotatable bonds is 4. The lowest BCUT2D eigenvalue weighted by atomic mass is 10.00. The van der Waals surface area contributed by atoms with Gasteiger partial charge in [-0.25, -0.2) is 10.8 Å². The summed E-state index contributed by atoms with van der Waals surface area (Å²) in [5.74, 6) is 5.82. The van der Waals surface area contributed by atoms with Gasteiger partial charge in [0.25, 0.3) is 0 Å². The molecule has 1 aromatic heterocycles. The van der Waals surface area contributed by atoms with Gasteiger partial charge in [0.15, 0.2) is 5.82 Å². The van der Waals surface area contributed by atoms with Crippen LogP contribution in [0.15, 0.2) is 12.4 Å². The Morgan fingerprint density at radius 3 is 2.38 bits per heavy atom. The van der Waals surface area contributed by atoms with Crippen molar-refractivity contribution in [3.63, 3.8) is 0 Å². The summed E-state index contributed by atoms with van der Waals surface area (Å²) in [6.07, 6.45) is 5.72. The summed E-state index contributed by atoms with van der Waals surface area (Å²) in [5, 5.41) is 0. The van der Waals surface area contributed by atoms with Crippen LogP contribution in [-0.4, -0.2) is 26.7 Å². The molecule has 2 unspecified atom stereocenters. The number of hydrogen-bond donors (Lipinski definition) is 2. The maximum Gasteiger partial charge on any atom is 0.233 e. The predicted molar refractivity (Wildman–Crippen MR) is 75.4 cm³/mol. The van der Waals surface area contributed by atoms with Gasteiger partial charge in [0.05, 0.1) is 36.5 Å². The number of fused-ring (bicyclic) bond motifs is 1. The molecule has 3 N–H and O–H groups in total. The molecule has 1 aliphatic heterocycles. The number of carbonyl (C=O) groups is 2. The third-order valence-corrected chi connectivity index (χ3v) is 4.58. The summed E-state index contributed by atoms with van der Waals surface area (Å²) in [5.41, 5.74) is 2.97. The highest BCUT2D eigenvalue weighted by atomic mass is 16.2. The number of anilines is 1. The monoisotopic (exact) mass is 289 g/mol. The molecule has 1 aromatic rings. The minimum Gasteiger partial charge on any atom is -0.307 e. The van der Waals surface area contributed by atoms with Crippen LogP contribution in [0, 0.1) is 17.8 Å². The Morgan fingerprint density at radius 2 is 1.90 bits per heavy atom. The molecule has 0 bridgehead atoms. The van der Waals surface area contributed by atoms with Crippen LogP contribution in [0.2, 0.25) is 0 Å². The highest BCUT2D eigenvalue weighted by Gasteiger charge is 2.52. The Bertz CT molecular complexity index is 535. The second-order valence-electron chi connectivity index (χ2n) is 5.76. The first-order chi connectivity index (χ1) is 10.1. The molecule has 2 amide bonds. The fourth-order valence-corrected chi connectivity index (χ4v) is 3.36. The van der Waals surface area contributed by atoms with E-state index in [1.54, 1.807) is 0 Å². The SMILES string of the molecule is CCC1CC2C(=O)N(Cc3cnc(NN)cn3)C(=O)C2C1.